The molecule has 0 amide bonds. The zero-order valence-corrected chi connectivity index (χ0v) is 11.4. The molecule has 0 saturated heterocycles. The summed E-state index contributed by atoms with van der Waals surface area (Å²) in [5, 5.41) is 0. The van der Waals surface area contributed by atoms with Crippen LogP contribution < -0.4 is 11.5 Å². The third-order valence-electron chi connectivity index (χ3n) is 5.95. The molecular weight excluding hydrogens is 234 g/mol. The predicted octanol–water partition coefficient (Wildman–Crippen LogP) is 2.88. The molecule has 4 bridgehead atoms. The molecule has 1 aromatic rings. The number of pyridine rings is 1. The Kier molecular flexibility index (Phi) is 2.44. The summed E-state index contributed by atoms with van der Waals surface area (Å²) in [6.07, 6.45) is 10.1. The second-order valence-corrected chi connectivity index (χ2v) is 7.24. The van der Waals surface area contributed by atoms with Crippen molar-refractivity contribution < 1.29 is 0 Å². The molecule has 0 radical (unpaired) electrons. The average molecular weight is 257 g/mol. The molecule has 102 valence electrons. The number of nitrogens with zero attached hydrogens (tertiary/aromatic N) is 1. The van der Waals surface area contributed by atoms with Crippen LogP contribution in [0.3, 0.4) is 0 Å². The van der Waals surface area contributed by atoms with Gasteiger partial charge in [0.15, 0.2) is 0 Å². The first-order valence-corrected chi connectivity index (χ1v) is 7.62. The molecule has 19 heavy (non-hydrogen) atoms. The molecule has 4 N–H and O–H groups in total. The van der Waals surface area contributed by atoms with E-state index in [2.05, 4.69) is 11.1 Å². The maximum absolute atomic E-state index is 6.67. The van der Waals surface area contributed by atoms with Gasteiger partial charge < -0.3 is 11.5 Å². The van der Waals surface area contributed by atoms with Crippen LogP contribution in [0.2, 0.25) is 0 Å². The van der Waals surface area contributed by atoms with Gasteiger partial charge in [-0.05, 0) is 67.8 Å². The Balaban J connectivity index is 1.70. The number of nitrogens with two attached hydrogens (primary N) is 2. The standard InChI is InChI=1S/C16H23N3/c17-14(13-2-1-3-19-15(13)18)16-7-10-4-11(8-16)6-12(5-10)9-16/h1-3,10-12,14H,4-9,17H2,(H2,18,19). The summed E-state index contributed by atoms with van der Waals surface area (Å²) < 4.78 is 0. The highest BCUT2D eigenvalue weighted by Gasteiger charge is 2.53. The lowest BCUT2D eigenvalue weighted by Crippen LogP contribution is -2.51. The van der Waals surface area contributed by atoms with Gasteiger partial charge in [0.25, 0.3) is 0 Å². The summed E-state index contributed by atoms with van der Waals surface area (Å²) in [4.78, 5) is 4.23. The first-order valence-electron chi connectivity index (χ1n) is 7.62. The van der Waals surface area contributed by atoms with Gasteiger partial charge in [-0.3, -0.25) is 0 Å². The fourth-order valence-electron chi connectivity index (χ4n) is 5.58. The lowest BCUT2D eigenvalue weighted by Gasteiger charge is -2.59. The fourth-order valence-corrected chi connectivity index (χ4v) is 5.58. The van der Waals surface area contributed by atoms with Crippen LogP contribution in [0.5, 0.6) is 0 Å². The third-order valence-corrected chi connectivity index (χ3v) is 5.95. The summed E-state index contributed by atoms with van der Waals surface area (Å²) in [5.41, 5.74) is 14.1. The van der Waals surface area contributed by atoms with Gasteiger partial charge >= 0.3 is 0 Å². The maximum Gasteiger partial charge on any atom is 0.128 e. The molecule has 3 heteroatoms. The normalized spacial score (nSPS) is 41.4. The van der Waals surface area contributed by atoms with Crippen molar-refractivity contribution in [1.82, 2.24) is 4.98 Å². The highest BCUT2D eigenvalue weighted by atomic mass is 14.9. The van der Waals surface area contributed by atoms with Crippen molar-refractivity contribution in [2.75, 3.05) is 5.73 Å². The van der Waals surface area contributed by atoms with E-state index in [4.69, 9.17) is 11.5 Å². The molecule has 0 aromatic carbocycles. The molecule has 4 aliphatic carbocycles. The van der Waals surface area contributed by atoms with E-state index < -0.39 is 0 Å². The average Bonchev–Trinajstić information content (AvgIpc) is 2.37. The predicted molar refractivity (Wildman–Crippen MR) is 76.2 cm³/mol. The molecule has 1 heterocycles. The van der Waals surface area contributed by atoms with Crippen molar-refractivity contribution in [3.8, 4) is 0 Å². The topological polar surface area (TPSA) is 64.9 Å². The highest BCUT2D eigenvalue weighted by Crippen LogP contribution is 2.63. The largest absolute Gasteiger partial charge is 0.383 e. The first kappa shape index (κ1) is 11.7. The van der Waals surface area contributed by atoms with Crippen LogP contribution >= 0.6 is 0 Å². The van der Waals surface area contributed by atoms with E-state index in [0.717, 1.165) is 23.3 Å². The minimum Gasteiger partial charge on any atom is -0.383 e. The first-order chi connectivity index (χ1) is 9.16. The summed E-state index contributed by atoms with van der Waals surface area (Å²) in [7, 11) is 0. The van der Waals surface area contributed by atoms with Crippen molar-refractivity contribution >= 4 is 5.82 Å². The van der Waals surface area contributed by atoms with Crippen molar-refractivity contribution in [2.45, 2.75) is 44.6 Å². The number of nitrogen functional groups attached to an aromatic ring is 1. The minimum absolute atomic E-state index is 0.0783. The molecule has 4 aliphatic rings. The van der Waals surface area contributed by atoms with Crippen molar-refractivity contribution in [2.24, 2.45) is 28.9 Å². The molecule has 3 nitrogen and oxygen atoms in total. The molecule has 1 aromatic heterocycles. The van der Waals surface area contributed by atoms with Crippen molar-refractivity contribution in [3.05, 3.63) is 23.9 Å². The van der Waals surface area contributed by atoms with Gasteiger partial charge in [0.05, 0.1) is 0 Å². The van der Waals surface area contributed by atoms with E-state index in [-0.39, 0.29) is 6.04 Å². The Morgan fingerprint density at radius 1 is 1.11 bits per heavy atom. The Labute approximate surface area is 114 Å². The van der Waals surface area contributed by atoms with Gasteiger partial charge in [0.1, 0.15) is 5.82 Å². The van der Waals surface area contributed by atoms with Crippen LogP contribution in [-0.4, -0.2) is 4.98 Å². The molecular formula is C16H23N3. The second-order valence-electron chi connectivity index (χ2n) is 7.24. The number of hydrogen-bond acceptors (Lipinski definition) is 3. The van der Waals surface area contributed by atoms with Crippen LogP contribution in [0.25, 0.3) is 0 Å². The molecule has 1 unspecified atom stereocenters. The number of rotatable bonds is 2. The van der Waals surface area contributed by atoms with Gasteiger partial charge in [0.2, 0.25) is 0 Å². The lowest BCUT2D eigenvalue weighted by atomic mass is 9.47. The van der Waals surface area contributed by atoms with Crippen molar-refractivity contribution in [3.63, 3.8) is 0 Å². The van der Waals surface area contributed by atoms with Crippen LogP contribution in [0, 0.1) is 23.2 Å². The second kappa shape index (κ2) is 3.95. The van der Waals surface area contributed by atoms with Crippen LogP contribution in [0.1, 0.15) is 50.1 Å². The Morgan fingerprint density at radius 2 is 1.68 bits per heavy atom. The quantitative estimate of drug-likeness (QED) is 0.856. The fraction of sp³-hybridized carbons (Fsp3) is 0.688. The smallest absolute Gasteiger partial charge is 0.128 e. The van der Waals surface area contributed by atoms with E-state index in [1.54, 1.807) is 6.20 Å². The van der Waals surface area contributed by atoms with E-state index in [9.17, 15) is 0 Å². The summed E-state index contributed by atoms with van der Waals surface area (Å²) in [6, 6.07) is 4.12. The Morgan fingerprint density at radius 3 is 2.21 bits per heavy atom. The zero-order chi connectivity index (χ0) is 13.0. The van der Waals surface area contributed by atoms with Gasteiger partial charge in [-0.2, -0.15) is 0 Å². The van der Waals surface area contributed by atoms with Gasteiger partial charge in [0, 0.05) is 17.8 Å². The van der Waals surface area contributed by atoms with Gasteiger partial charge in [-0.25, -0.2) is 4.98 Å². The van der Waals surface area contributed by atoms with Gasteiger partial charge in [-0.1, -0.05) is 6.07 Å². The van der Waals surface area contributed by atoms with Crippen molar-refractivity contribution in [1.29, 1.82) is 0 Å². The zero-order valence-electron chi connectivity index (χ0n) is 11.4. The Hall–Kier alpha value is -1.09. The monoisotopic (exact) mass is 257 g/mol. The lowest BCUT2D eigenvalue weighted by molar-refractivity contribution is -0.0677. The summed E-state index contributed by atoms with van der Waals surface area (Å²) in [6.45, 7) is 0. The third kappa shape index (κ3) is 1.71. The van der Waals surface area contributed by atoms with E-state index in [1.807, 2.05) is 6.07 Å². The molecule has 4 saturated carbocycles. The number of aromatic nitrogens is 1. The molecule has 0 aliphatic heterocycles. The highest BCUT2D eigenvalue weighted by molar-refractivity contribution is 5.42. The van der Waals surface area contributed by atoms with E-state index in [0.29, 0.717) is 11.2 Å². The summed E-state index contributed by atoms with van der Waals surface area (Å²) >= 11 is 0. The molecule has 4 fully saturated rings. The van der Waals surface area contributed by atoms with Crippen LogP contribution in [-0.2, 0) is 0 Å². The molecule has 1 atom stereocenters. The van der Waals surface area contributed by atoms with Crippen LogP contribution in [0.15, 0.2) is 18.3 Å². The molecule has 0 spiro atoms. The Bertz CT molecular complexity index is 461. The van der Waals surface area contributed by atoms with E-state index in [1.165, 1.54) is 38.5 Å². The maximum atomic E-state index is 6.67. The van der Waals surface area contributed by atoms with Gasteiger partial charge in [-0.15, -0.1) is 0 Å². The number of hydrogen-bond donors (Lipinski definition) is 2. The van der Waals surface area contributed by atoms with E-state index >= 15 is 0 Å². The summed E-state index contributed by atoms with van der Waals surface area (Å²) in [5.74, 6) is 3.41. The SMILES string of the molecule is Nc1ncccc1C(N)C12CC3CC(CC(C3)C1)C2. The molecule has 5 rings (SSSR count). The van der Waals surface area contributed by atoms with Crippen LogP contribution in [0.4, 0.5) is 5.82 Å². The number of anilines is 1. The minimum atomic E-state index is 0.0783.